The number of nitrogens with one attached hydrogen (secondary N) is 1. The van der Waals surface area contributed by atoms with Crippen molar-refractivity contribution in [2.75, 3.05) is 20.2 Å². The predicted octanol–water partition coefficient (Wildman–Crippen LogP) is 3.43. The van der Waals surface area contributed by atoms with Gasteiger partial charge < -0.3 is 19.4 Å². The Bertz CT molecular complexity index is 904. The highest BCUT2D eigenvalue weighted by atomic mass is 16.5. The van der Waals surface area contributed by atoms with Gasteiger partial charge in [0.05, 0.1) is 18.8 Å². The van der Waals surface area contributed by atoms with Crippen LogP contribution in [-0.2, 0) is 6.42 Å². The molecule has 2 amide bonds. The third-order valence-corrected chi connectivity index (χ3v) is 5.06. The van der Waals surface area contributed by atoms with Gasteiger partial charge in [0, 0.05) is 31.9 Å². The zero-order valence-electron chi connectivity index (χ0n) is 15.5. The van der Waals surface area contributed by atoms with Crippen LogP contribution < -0.4 is 10.1 Å². The number of hydrogen-bond donors (Lipinski definition) is 1. The van der Waals surface area contributed by atoms with Crippen molar-refractivity contribution in [3.05, 3.63) is 66.1 Å². The van der Waals surface area contributed by atoms with Gasteiger partial charge in [-0.2, -0.15) is 0 Å². The van der Waals surface area contributed by atoms with Crippen LogP contribution in [0.15, 0.2) is 54.9 Å². The molecule has 4 rings (SSSR count). The summed E-state index contributed by atoms with van der Waals surface area (Å²) in [6.45, 7) is 1.35. The summed E-state index contributed by atoms with van der Waals surface area (Å²) in [5.74, 6) is 0.826. The van der Waals surface area contributed by atoms with Gasteiger partial charge in [0.1, 0.15) is 11.4 Å². The maximum Gasteiger partial charge on any atom is 0.317 e. The molecule has 6 nitrogen and oxygen atoms in total. The van der Waals surface area contributed by atoms with Crippen molar-refractivity contribution >= 4 is 11.7 Å². The molecule has 140 valence electrons. The monoisotopic (exact) mass is 364 g/mol. The Balaban J connectivity index is 1.36. The fraction of sp³-hybridized carbons (Fsp3) is 0.333. The fourth-order valence-corrected chi connectivity index (χ4v) is 3.71. The third-order valence-electron chi connectivity index (χ3n) is 5.06. The molecular weight excluding hydrogens is 340 g/mol. The molecule has 27 heavy (non-hydrogen) atoms. The van der Waals surface area contributed by atoms with Gasteiger partial charge in [-0.1, -0.05) is 18.2 Å². The van der Waals surface area contributed by atoms with E-state index in [1.165, 1.54) is 0 Å². The molecule has 1 fully saturated rings. The highest BCUT2D eigenvalue weighted by Crippen LogP contribution is 2.33. The first-order valence-corrected chi connectivity index (χ1v) is 9.35. The van der Waals surface area contributed by atoms with E-state index in [-0.39, 0.29) is 12.1 Å². The summed E-state index contributed by atoms with van der Waals surface area (Å²) in [5.41, 5.74) is 3.03. The molecule has 1 N–H and O–H groups in total. The van der Waals surface area contributed by atoms with E-state index in [4.69, 9.17) is 4.74 Å². The number of imidazole rings is 1. The second-order valence-corrected chi connectivity index (χ2v) is 6.81. The van der Waals surface area contributed by atoms with Crippen molar-refractivity contribution < 1.29 is 9.53 Å². The molecule has 6 heteroatoms. The minimum Gasteiger partial charge on any atom is -0.497 e. The fourth-order valence-electron chi connectivity index (χ4n) is 3.71. The number of rotatable bonds is 5. The highest BCUT2D eigenvalue weighted by Gasteiger charge is 2.29. The van der Waals surface area contributed by atoms with E-state index in [2.05, 4.69) is 16.4 Å². The van der Waals surface area contributed by atoms with Gasteiger partial charge in [-0.15, -0.1) is 0 Å². The first-order valence-electron chi connectivity index (χ1n) is 9.35. The smallest absolute Gasteiger partial charge is 0.317 e. The standard InChI is InChI=1S/C21H24N4O2/c1-27-18-7-4-6-16(14-18)19-8-5-13-25(19)21(26)22-11-10-17-15-24-12-3-2-9-20(24)23-17/h2-4,6-7,9,12,14-15,19H,5,8,10-11,13H2,1H3,(H,22,26). The molecule has 0 aliphatic carbocycles. The first kappa shape index (κ1) is 17.4. The second-order valence-electron chi connectivity index (χ2n) is 6.81. The molecule has 0 bridgehead atoms. The highest BCUT2D eigenvalue weighted by molar-refractivity contribution is 5.75. The van der Waals surface area contributed by atoms with Crippen molar-refractivity contribution in [3.63, 3.8) is 0 Å². The topological polar surface area (TPSA) is 58.9 Å². The summed E-state index contributed by atoms with van der Waals surface area (Å²) in [5, 5.41) is 3.05. The van der Waals surface area contributed by atoms with Crippen molar-refractivity contribution in [2.45, 2.75) is 25.3 Å². The Kier molecular flexibility index (Phi) is 4.96. The summed E-state index contributed by atoms with van der Waals surface area (Å²) in [6.07, 6.45) is 6.70. The van der Waals surface area contributed by atoms with E-state index in [1.54, 1.807) is 7.11 Å². The van der Waals surface area contributed by atoms with Gasteiger partial charge in [0.2, 0.25) is 0 Å². The van der Waals surface area contributed by atoms with E-state index in [1.807, 2.05) is 58.1 Å². The largest absolute Gasteiger partial charge is 0.497 e. The van der Waals surface area contributed by atoms with Gasteiger partial charge in [0.15, 0.2) is 0 Å². The number of hydrogen-bond acceptors (Lipinski definition) is 3. The molecule has 1 aromatic carbocycles. The van der Waals surface area contributed by atoms with Gasteiger partial charge >= 0.3 is 6.03 Å². The molecule has 0 saturated carbocycles. The molecule has 1 atom stereocenters. The number of benzene rings is 1. The molecule has 1 aliphatic heterocycles. The minimum atomic E-state index is -0.0101. The molecule has 1 saturated heterocycles. The Morgan fingerprint density at radius 3 is 3.07 bits per heavy atom. The van der Waals surface area contributed by atoms with Crippen LogP contribution in [-0.4, -0.2) is 40.5 Å². The number of aromatic nitrogens is 2. The first-order chi connectivity index (χ1) is 13.2. The molecule has 0 spiro atoms. The summed E-state index contributed by atoms with van der Waals surface area (Å²) in [6, 6.07) is 14.0. The summed E-state index contributed by atoms with van der Waals surface area (Å²) in [4.78, 5) is 19.2. The number of urea groups is 1. The van der Waals surface area contributed by atoms with E-state index in [0.717, 1.165) is 42.0 Å². The predicted molar refractivity (Wildman–Crippen MR) is 104 cm³/mol. The van der Waals surface area contributed by atoms with Crippen molar-refractivity contribution in [2.24, 2.45) is 0 Å². The van der Waals surface area contributed by atoms with Gasteiger partial charge in [-0.05, 0) is 42.7 Å². The number of fused-ring (bicyclic) bond motifs is 1. The van der Waals surface area contributed by atoms with Crippen molar-refractivity contribution in [1.29, 1.82) is 0 Å². The zero-order valence-corrected chi connectivity index (χ0v) is 15.5. The Morgan fingerprint density at radius 2 is 2.22 bits per heavy atom. The van der Waals surface area contributed by atoms with Crippen LogP contribution in [0.2, 0.25) is 0 Å². The minimum absolute atomic E-state index is 0.0101. The maximum atomic E-state index is 12.7. The average Bonchev–Trinajstić information content (AvgIpc) is 3.34. The molecule has 3 heterocycles. The normalized spacial score (nSPS) is 16.6. The molecule has 2 aromatic heterocycles. The van der Waals surface area contributed by atoms with Crippen LogP contribution in [0, 0.1) is 0 Å². The Hall–Kier alpha value is -3.02. The Morgan fingerprint density at radius 1 is 1.30 bits per heavy atom. The molecular formula is C21H24N4O2. The van der Waals surface area contributed by atoms with Gasteiger partial charge in [0.25, 0.3) is 0 Å². The number of nitrogens with zero attached hydrogens (tertiary/aromatic N) is 3. The van der Waals surface area contributed by atoms with E-state index < -0.39 is 0 Å². The van der Waals surface area contributed by atoms with E-state index >= 15 is 0 Å². The number of likely N-dealkylation sites (tertiary alicyclic amines) is 1. The van der Waals surface area contributed by atoms with Gasteiger partial charge in [-0.3, -0.25) is 0 Å². The van der Waals surface area contributed by atoms with Gasteiger partial charge in [-0.25, -0.2) is 9.78 Å². The number of carbonyl (C=O) groups is 1. The summed E-state index contributed by atoms with van der Waals surface area (Å²) >= 11 is 0. The summed E-state index contributed by atoms with van der Waals surface area (Å²) in [7, 11) is 1.66. The van der Waals surface area contributed by atoms with Crippen LogP contribution in [0.25, 0.3) is 5.65 Å². The molecule has 3 aromatic rings. The van der Waals surface area contributed by atoms with Crippen LogP contribution in [0.4, 0.5) is 4.79 Å². The average molecular weight is 364 g/mol. The van der Waals surface area contributed by atoms with Crippen molar-refractivity contribution in [3.8, 4) is 5.75 Å². The van der Waals surface area contributed by atoms with Crippen LogP contribution in [0.3, 0.4) is 0 Å². The zero-order chi connectivity index (χ0) is 18.6. The van der Waals surface area contributed by atoms with Crippen LogP contribution >= 0.6 is 0 Å². The number of methoxy groups -OCH3 is 1. The van der Waals surface area contributed by atoms with E-state index in [0.29, 0.717) is 13.0 Å². The van der Waals surface area contributed by atoms with Crippen LogP contribution in [0.5, 0.6) is 5.75 Å². The van der Waals surface area contributed by atoms with Crippen LogP contribution in [0.1, 0.15) is 30.1 Å². The number of pyridine rings is 1. The number of carbonyl (C=O) groups excluding carboxylic acids is 1. The second kappa shape index (κ2) is 7.70. The quantitative estimate of drug-likeness (QED) is 0.755. The lowest BCUT2D eigenvalue weighted by molar-refractivity contribution is 0.193. The molecule has 1 unspecified atom stereocenters. The SMILES string of the molecule is COc1cccc(C2CCCN2C(=O)NCCc2cn3ccccc3n2)c1. The molecule has 0 radical (unpaired) electrons. The van der Waals surface area contributed by atoms with E-state index in [9.17, 15) is 4.79 Å². The Labute approximate surface area is 158 Å². The number of amides is 2. The lowest BCUT2D eigenvalue weighted by Crippen LogP contribution is -2.40. The third kappa shape index (κ3) is 3.74. The molecule has 1 aliphatic rings. The maximum absolute atomic E-state index is 12.7. The lowest BCUT2D eigenvalue weighted by atomic mass is 10.0. The number of ether oxygens (including phenoxy) is 1. The lowest BCUT2D eigenvalue weighted by Gasteiger charge is -2.25. The van der Waals surface area contributed by atoms with Crippen molar-refractivity contribution in [1.82, 2.24) is 19.6 Å². The summed E-state index contributed by atoms with van der Waals surface area (Å²) < 4.78 is 7.32.